The van der Waals surface area contributed by atoms with Crippen LogP contribution in [0, 0.1) is 0 Å². The molecule has 0 fully saturated rings. The fourth-order valence-electron chi connectivity index (χ4n) is 4.63. The Kier molecular flexibility index (Phi) is 6.21. The van der Waals surface area contributed by atoms with Crippen LogP contribution in [0.1, 0.15) is 55.9 Å². The molecule has 0 spiro atoms. The van der Waals surface area contributed by atoms with Gasteiger partial charge in [-0.3, -0.25) is 9.59 Å². The number of alkyl halides is 3. The van der Waals surface area contributed by atoms with Gasteiger partial charge in [0.1, 0.15) is 23.3 Å². The van der Waals surface area contributed by atoms with Gasteiger partial charge in [-0.25, -0.2) is 9.97 Å². The van der Waals surface area contributed by atoms with Gasteiger partial charge >= 0.3 is 6.18 Å². The molecule has 0 saturated heterocycles. The molecular formula is C26H19F3N8O3. The molecule has 0 aliphatic heterocycles. The highest BCUT2D eigenvalue weighted by Crippen LogP contribution is 2.35. The summed E-state index contributed by atoms with van der Waals surface area (Å²) >= 11 is 0. The molecule has 0 radical (unpaired) electrons. The average Bonchev–Trinajstić information content (AvgIpc) is 3.71. The third kappa shape index (κ3) is 4.98. The molecule has 3 N–H and O–H groups in total. The number of hydrogen-bond acceptors (Lipinski definition) is 8. The van der Waals surface area contributed by atoms with E-state index in [0.717, 1.165) is 35.5 Å². The molecule has 0 unspecified atom stereocenters. The predicted octanol–water partition coefficient (Wildman–Crippen LogP) is 3.77. The number of aryl methyl sites for hydroxylation is 1. The standard InChI is InChI=1S/C26H19F3N8O3/c27-26(28,29)22-9-15-2-1-13(7-21(15)40-22)11-30-24(38)19-10-20(32-12-31-19)25(39)33-18-6-4-14-8-16(3-5-17(14)18)23-34-36-37-35-23/h1-3,5,7-10,12,18H,4,6,11H2,(H,30,38)(H,33,39)(H,34,35,36,37)/t18-/m0/s1. The number of amides is 2. The van der Waals surface area contributed by atoms with Crippen molar-refractivity contribution in [2.24, 2.45) is 0 Å². The molecule has 1 aliphatic carbocycles. The molecule has 0 saturated carbocycles. The lowest BCUT2D eigenvalue weighted by Crippen LogP contribution is -2.29. The van der Waals surface area contributed by atoms with Gasteiger partial charge in [-0.15, -0.1) is 10.2 Å². The van der Waals surface area contributed by atoms with Crippen molar-refractivity contribution in [3.8, 4) is 11.4 Å². The Morgan fingerprint density at radius 3 is 2.62 bits per heavy atom. The molecule has 5 aromatic rings. The molecule has 3 heterocycles. The average molecular weight is 548 g/mol. The Balaban J connectivity index is 1.10. The SMILES string of the molecule is O=C(NCc1ccc2cc(C(F)(F)F)oc2c1)c1cc(C(=O)N[C@H]2CCc3cc(-c4nn[nH]n4)ccc32)ncn1. The lowest BCUT2D eigenvalue weighted by molar-refractivity contribution is -0.152. The quantitative estimate of drug-likeness (QED) is 0.290. The largest absolute Gasteiger partial charge is 0.451 e. The van der Waals surface area contributed by atoms with Crippen LogP contribution in [0.3, 0.4) is 0 Å². The van der Waals surface area contributed by atoms with Crippen LogP contribution in [0.15, 0.2) is 59.3 Å². The van der Waals surface area contributed by atoms with Crippen LogP contribution in [0.4, 0.5) is 13.2 Å². The van der Waals surface area contributed by atoms with Gasteiger partial charge in [-0.05, 0) is 52.9 Å². The number of carbonyl (C=O) groups is 2. The zero-order valence-electron chi connectivity index (χ0n) is 20.5. The number of aromatic nitrogens is 6. The van der Waals surface area contributed by atoms with Gasteiger partial charge in [0.25, 0.3) is 11.8 Å². The second kappa shape index (κ2) is 9.87. The Hall–Kier alpha value is -5.14. The van der Waals surface area contributed by atoms with Gasteiger partial charge in [-0.2, -0.15) is 18.4 Å². The molecule has 2 amide bonds. The third-order valence-electron chi connectivity index (χ3n) is 6.58. The molecule has 2 aromatic carbocycles. The molecule has 40 heavy (non-hydrogen) atoms. The van der Waals surface area contributed by atoms with Crippen molar-refractivity contribution in [3.05, 3.63) is 88.7 Å². The van der Waals surface area contributed by atoms with E-state index in [2.05, 4.69) is 41.2 Å². The number of carbonyl (C=O) groups excluding carboxylic acids is 2. The summed E-state index contributed by atoms with van der Waals surface area (Å²) < 4.78 is 43.6. The third-order valence-corrected chi connectivity index (χ3v) is 6.58. The number of nitrogens with zero attached hydrogens (tertiary/aromatic N) is 5. The molecular weight excluding hydrogens is 529 g/mol. The Morgan fingerprint density at radius 1 is 1.02 bits per heavy atom. The van der Waals surface area contributed by atoms with E-state index in [1.807, 2.05) is 18.2 Å². The first-order valence-corrected chi connectivity index (χ1v) is 12.1. The Labute approximate surface area is 223 Å². The highest BCUT2D eigenvalue weighted by Gasteiger charge is 2.35. The highest BCUT2D eigenvalue weighted by atomic mass is 19.4. The van der Waals surface area contributed by atoms with Crippen molar-refractivity contribution in [3.63, 3.8) is 0 Å². The van der Waals surface area contributed by atoms with Crippen LogP contribution in [-0.4, -0.2) is 42.4 Å². The minimum atomic E-state index is -4.59. The van der Waals surface area contributed by atoms with Crippen molar-refractivity contribution in [2.45, 2.75) is 31.6 Å². The highest BCUT2D eigenvalue weighted by molar-refractivity contribution is 5.97. The summed E-state index contributed by atoms with van der Waals surface area (Å²) in [4.78, 5) is 33.6. The fourth-order valence-corrected chi connectivity index (χ4v) is 4.63. The van der Waals surface area contributed by atoms with Crippen LogP contribution in [0.25, 0.3) is 22.4 Å². The maximum Gasteiger partial charge on any atom is 0.449 e. The van der Waals surface area contributed by atoms with Crippen molar-refractivity contribution < 1.29 is 27.2 Å². The van der Waals surface area contributed by atoms with E-state index in [-0.39, 0.29) is 29.6 Å². The first-order valence-electron chi connectivity index (χ1n) is 12.1. The monoisotopic (exact) mass is 548 g/mol. The smallest absolute Gasteiger partial charge is 0.449 e. The van der Waals surface area contributed by atoms with Crippen LogP contribution < -0.4 is 10.6 Å². The zero-order chi connectivity index (χ0) is 27.9. The van der Waals surface area contributed by atoms with Gasteiger partial charge < -0.3 is 15.1 Å². The van der Waals surface area contributed by atoms with Gasteiger partial charge in [-0.1, -0.05) is 24.3 Å². The summed E-state index contributed by atoms with van der Waals surface area (Å²) in [6, 6.07) is 12.2. The number of benzene rings is 2. The van der Waals surface area contributed by atoms with E-state index in [1.54, 1.807) is 6.07 Å². The molecule has 1 atom stereocenters. The normalized spacial score (nSPS) is 14.7. The minimum Gasteiger partial charge on any atom is -0.451 e. The number of halogens is 3. The summed E-state index contributed by atoms with van der Waals surface area (Å²) in [6.07, 6.45) is -2.02. The molecule has 11 nitrogen and oxygen atoms in total. The van der Waals surface area contributed by atoms with E-state index in [1.165, 1.54) is 18.2 Å². The number of fused-ring (bicyclic) bond motifs is 2. The number of rotatable bonds is 6. The molecule has 1 aliphatic rings. The summed E-state index contributed by atoms with van der Waals surface area (Å²) in [5.74, 6) is -1.64. The van der Waals surface area contributed by atoms with Gasteiger partial charge in [0.15, 0.2) is 0 Å². The Bertz CT molecular complexity index is 1730. The van der Waals surface area contributed by atoms with Crippen LogP contribution in [0.2, 0.25) is 0 Å². The zero-order valence-corrected chi connectivity index (χ0v) is 20.5. The number of nitrogens with one attached hydrogen (secondary N) is 3. The molecule has 14 heteroatoms. The second-order valence-corrected chi connectivity index (χ2v) is 9.17. The first kappa shape index (κ1) is 25.2. The van der Waals surface area contributed by atoms with Crippen LogP contribution in [0.5, 0.6) is 0 Å². The molecule has 6 rings (SSSR count). The number of H-pyrrole nitrogens is 1. The topological polar surface area (TPSA) is 152 Å². The van der Waals surface area contributed by atoms with Gasteiger partial charge in [0.2, 0.25) is 11.6 Å². The molecule has 3 aromatic heterocycles. The van der Waals surface area contributed by atoms with Gasteiger partial charge in [0, 0.05) is 23.6 Å². The van der Waals surface area contributed by atoms with E-state index in [0.29, 0.717) is 23.2 Å². The van der Waals surface area contributed by atoms with E-state index < -0.39 is 23.8 Å². The predicted molar refractivity (Wildman–Crippen MR) is 133 cm³/mol. The maximum atomic E-state index is 13.0. The van der Waals surface area contributed by atoms with E-state index in [9.17, 15) is 22.8 Å². The van der Waals surface area contributed by atoms with Gasteiger partial charge in [0.05, 0.1) is 6.04 Å². The summed E-state index contributed by atoms with van der Waals surface area (Å²) in [5.41, 5.74) is 3.43. The van der Waals surface area contributed by atoms with E-state index in [4.69, 9.17) is 4.42 Å². The summed E-state index contributed by atoms with van der Waals surface area (Å²) in [5, 5.41) is 19.9. The van der Waals surface area contributed by atoms with Crippen LogP contribution in [-0.2, 0) is 19.1 Å². The fraction of sp³-hybridized carbons (Fsp3) is 0.192. The van der Waals surface area contributed by atoms with Crippen molar-refractivity contribution in [1.82, 2.24) is 41.2 Å². The summed E-state index contributed by atoms with van der Waals surface area (Å²) in [7, 11) is 0. The number of aromatic amines is 1. The first-order chi connectivity index (χ1) is 19.2. The lowest BCUT2D eigenvalue weighted by Gasteiger charge is -2.14. The Morgan fingerprint density at radius 2 is 1.85 bits per heavy atom. The van der Waals surface area contributed by atoms with Crippen LogP contribution >= 0.6 is 0 Å². The maximum absolute atomic E-state index is 13.0. The molecule has 202 valence electrons. The van der Waals surface area contributed by atoms with Crippen molar-refractivity contribution in [1.29, 1.82) is 0 Å². The lowest BCUT2D eigenvalue weighted by atomic mass is 10.0. The summed E-state index contributed by atoms with van der Waals surface area (Å²) in [6.45, 7) is 0.00701. The van der Waals surface area contributed by atoms with E-state index >= 15 is 0 Å². The number of hydrogen-bond donors (Lipinski definition) is 3. The van der Waals surface area contributed by atoms with Crippen molar-refractivity contribution >= 4 is 22.8 Å². The minimum absolute atomic E-state index is 0.00701. The number of tetrazole rings is 1. The second-order valence-electron chi connectivity index (χ2n) is 9.17. The number of furan rings is 1. The molecule has 0 bridgehead atoms. The van der Waals surface area contributed by atoms with Crippen molar-refractivity contribution in [2.75, 3.05) is 0 Å².